The second-order valence-corrected chi connectivity index (χ2v) is 7.81. The zero-order chi connectivity index (χ0) is 17.5. The van der Waals surface area contributed by atoms with E-state index in [1.54, 1.807) is 18.0 Å². The molecule has 1 amide bonds. The molecule has 4 nitrogen and oxygen atoms in total. The van der Waals surface area contributed by atoms with Crippen LogP contribution in [0, 0.1) is 0 Å². The number of ether oxygens (including phenoxy) is 1. The summed E-state index contributed by atoms with van der Waals surface area (Å²) in [6.07, 6.45) is 3.53. The van der Waals surface area contributed by atoms with Crippen LogP contribution in [0.3, 0.4) is 0 Å². The number of thioether (sulfide) groups is 1. The number of benzene rings is 1. The van der Waals surface area contributed by atoms with Gasteiger partial charge in [0.1, 0.15) is 6.10 Å². The number of rotatable bonds is 6. The maximum atomic E-state index is 12.4. The summed E-state index contributed by atoms with van der Waals surface area (Å²) in [6, 6.07) is 14.0. The molecular formula is C19H21BrN2O2S. The van der Waals surface area contributed by atoms with E-state index in [9.17, 15) is 4.79 Å². The number of hydrogen-bond donors (Lipinski definition) is 0. The first kappa shape index (κ1) is 18.3. The predicted molar refractivity (Wildman–Crippen MR) is 105 cm³/mol. The van der Waals surface area contributed by atoms with E-state index >= 15 is 0 Å². The number of halogens is 1. The van der Waals surface area contributed by atoms with Gasteiger partial charge in [-0.3, -0.25) is 4.79 Å². The molecule has 1 aliphatic heterocycles. The Morgan fingerprint density at radius 1 is 1.20 bits per heavy atom. The van der Waals surface area contributed by atoms with E-state index in [2.05, 4.69) is 33.0 Å². The summed E-state index contributed by atoms with van der Waals surface area (Å²) in [5.74, 6) is 2.26. The average molecular weight is 421 g/mol. The Bertz CT molecular complexity index is 691. The van der Waals surface area contributed by atoms with Crippen molar-refractivity contribution in [2.24, 2.45) is 0 Å². The molecule has 1 aromatic carbocycles. The highest BCUT2D eigenvalue weighted by Crippen LogP contribution is 2.25. The minimum atomic E-state index is 0.118. The van der Waals surface area contributed by atoms with E-state index in [0.29, 0.717) is 11.6 Å². The fourth-order valence-electron chi connectivity index (χ4n) is 2.76. The largest absolute Gasteiger partial charge is 0.473 e. The summed E-state index contributed by atoms with van der Waals surface area (Å²) < 4.78 is 6.82. The van der Waals surface area contributed by atoms with Gasteiger partial charge in [0.2, 0.25) is 11.8 Å². The van der Waals surface area contributed by atoms with Crippen LogP contribution in [0.4, 0.5) is 0 Å². The van der Waals surface area contributed by atoms with Crippen LogP contribution in [0.1, 0.15) is 18.4 Å². The number of aromatic nitrogens is 1. The molecule has 0 radical (unpaired) electrons. The van der Waals surface area contributed by atoms with Gasteiger partial charge in [-0.2, -0.15) is 0 Å². The zero-order valence-corrected chi connectivity index (χ0v) is 16.3. The number of amides is 1. The fourth-order valence-corrected chi connectivity index (χ4v) is 4.00. The first-order valence-electron chi connectivity index (χ1n) is 8.39. The van der Waals surface area contributed by atoms with E-state index in [1.165, 1.54) is 5.56 Å². The second-order valence-electron chi connectivity index (χ2n) is 5.97. The lowest BCUT2D eigenvalue weighted by molar-refractivity contribution is -0.130. The number of piperidine rings is 1. The van der Waals surface area contributed by atoms with Crippen LogP contribution in [0.25, 0.3) is 0 Å². The predicted octanol–water partition coefficient (Wildman–Crippen LogP) is 4.15. The normalized spacial score (nSPS) is 15.2. The number of likely N-dealkylation sites (tertiary alicyclic amines) is 1. The number of pyridine rings is 1. The molecule has 6 heteroatoms. The summed E-state index contributed by atoms with van der Waals surface area (Å²) in [5, 5.41) is 0. The Labute approximate surface area is 161 Å². The van der Waals surface area contributed by atoms with Crippen molar-refractivity contribution in [3.8, 4) is 5.88 Å². The van der Waals surface area contributed by atoms with Gasteiger partial charge in [0.25, 0.3) is 0 Å². The SMILES string of the molecule is O=C(CSCc1ccccc1)N1CCC(Oc2ncccc2Br)CC1. The van der Waals surface area contributed by atoms with Crippen LogP contribution in [0.2, 0.25) is 0 Å². The van der Waals surface area contributed by atoms with E-state index in [4.69, 9.17) is 4.74 Å². The van der Waals surface area contributed by atoms with Crippen molar-refractivity contribution >= 4 is 33.6 Å². The molecule has 2 heterocycles. The fraction of sp³-hybridized carbons (Fsp3) is 0.368. The van der Waals surface area contributed by atoms with Gasteiger partial charge in [-0.25, -0.2) is 4.98 Å². The Kier molecular flexibility index (Phi) is 6.76. The zero-order valence-electron chi connectivity index (χ0n) is 13.9. The summed E-state index contributed by atoms with van der Waals surface area (Å²) in [6.45, 7) is 1.50. The topological polar surface area (TPSA) is 42.4 Å². The molecule has 1 aliphatic rings. The van der Waals surface area contributed by atoms with E-state index < -0.39 is 0 Å². The van der Waals surface area contributed by atoms with Gasteiger partial charge >= 0.3 is 0 Å². The molecule has 1 saturated heterocycles. The highest BCUT2D eigenvalue weighted by Gasteiger charge is 2.24. The Balaban J connectivity index is 1.39. The van der Waals surface area contributed by atoms with Gasteiger partial charge in [0.05, 0.1) is 10.2 Å². The lowest BCUT2D eigenvalue weighted by atomic mass is 10.1. The molecule has 2 aromatic rings. The van der Waals surface area contributed by atoms with Gasteiger partial charge in [0.15, 0.2) is 0 Å². The molecule has 1 aromatic heterocycles. The van der Waals surface area contributed by atoms with Crippen molar-refractivity contribution < 1.29 is 9.53 Å². The van der Waals surface area contributed by atoms with Crippen molar-refractivity contribution in [2.75, 3.05) is 18.8 Å². The molecule has 132 valence electrons. The highest BCUT2D eigenvalue weighted by atomic mass is 79.9. The molecule has 1 fully saturated rings. The maximum absolute atomic E-state index is 12.4. The van der Waals surface area contributed by atoms with Crippen molar-refractivity contribution in [1.29, 1.82) is 0 Å². The van der Waals surface area contributed by atoms with Gasteiger partial charge < -0.3 is 9.64 Å². The summed E-state index contributed by atoms with van der Waals surface area (Å²) in [7, 11) is 0. The number of carbonyl (C=O) groups is 1. The molecule has 0 N–H and O–H groups in total. The number of hydrogen-bond acceptors (Lipinski definition) is 4. The highest BCUT2D eigenvalue weighted by molar-refractivity contribution is 9.10. The molecule has 0 saturated carbocycles. The molecule has 0 bridgehead atoms. The first-order chi connectivity index (χ1) is 12.2. The lowest BCUT2D eigenvalue weighted by Gasteiger charge is -2.32. The van der Waals surface area contributed by atoms with Crippen LogP contribution in [-0.2, 0) is 10.5 Å². The lowest BCUT2D eigenvalue weighted by Crippen LogP contribution is -2.42. The van der Waals surface area contributed by atoms with Gasteiger partial charge in [0, 0.05) is 37.9 Å². The summed E-state index contributed by atoms with van der Waals surface area (Å²) in [4.78, 5) is 18.5. The average Bonchev–Trinajstić information content (AvgIpc) is 2.65. The number of carbonyl (C=O) groups excluding carboxylic acids is 1. The quantitative estimate of drug-likeness (QED) is 0.703. The minimum absolute atomic E-state index is 0.118. The Morgan fingerprint density at radius 3 is 2.68 bits per heavy atom. The van der Waals surface area contributed by atoms with E-state index in [-0.39, 0.29) is 12.0 Å². The van der Waals surface area contributed by atoms with Crippen LogP contribution in [0.5, 0.6) is 5.88 Å². The van der Waals surface area contributed by atoms with Crippen molar-refractivity contribution in [1.82, 2.24) is 9.88 Å². The van der Waals surface area contributed by atoms with Gasteiger partial charge in [-0.1, -0.05) is 30.3 Å². The molecular weight excluding hydrogens is 400 g/mol. The monoisotopic (exact) mass is 420 g/mol. The van der Waals surface area contributed by atoms with Crippen LogP contribution in [0.15, 0.2) is 53.1 Å². The third-order valence-corrected chi connectivity index (χ3v) is 5.73. The van der Waals surface area contributed by atoms with Crippen LogP contribution in [-0.4, -0.2) is 40.7 Å². The summed E-state index contributed by atoms with van der Waals surface area (Å²) >= 11 is 5.13. The van der Waals surface area contributed by atoms with Crippen molar-refractivity contribution in [2.45, 2.75) is 24.7 Å². The molecule has 0 spiro atoms. The smallest absolute Gasteiger partial charge is 0.232 e. The molecule has 25 heavy (non-hydrogen) atoms. The van der Waals surface area contributed by atoms with E-state index in [1.807, 2.05) is 35.2 Å². The Morgan fingerprint density at radius 2 is 1.96 bits per heavy atom. The summed E-state index contributed by atoms with van der Waals surface area (Å²) in [5.41, 5.74) is 1.26. The van der Waals surface area contributed by atoms with E-state index in [0.717, 1.165) is 36.2 Å². The molecule has 0 unspecified atom stereocenters. The minimum Gasteiger partial charge on any atom is -0.473 e. The molecule has 3 rings (SSSR count). The van der Waals surface area contributed by atoms with Crippen LogP contribution >= 0.6 is 27.7 Å². The third-order valence-electron chi connectivity index (χ3n) is 4.13. The standard InChI is InChI=1S/C19H21BrN2O2S/c20-17-7-4-10-21-19(17)24-16-8-11-22(12-9-16)18(23)14-25-13-15-5-2-1-3-6-15/h1-7,10,16H,8-9,11-14H2. The van der Waals surface area contributed by atoms with Gasteiger partial charge in [-0.05, 0) is 33.6 Å². The second kappa shape index (κ2) is 9.25. The molecule has 0 aliphatic carbocycles. The Hall–Kier alpha value is -1.53. The maximum Gasteiger partial charge on any atom is 0.232 e. The number of nitrogens with zero attached hydrogens (tertiary/aromatic N) is 2. The molecule has 0 atom stereocenters. The van der Waals surface area contributed by atoms with Crippen LogP contribution < -0.4 is 4.74 Å². The van der Waals surface area contributed by atoms with Crippen molar-refractivity contribution in [3.63, 3.8) is 0 Å². The first-order valence-corrected chi connectivity index (χ1v) is 10.3. The third kappa shape index (κ3) is 5.47. The van der Waals surface area contributed by atoms with Crippen molar-refractivity contribution in [3.05, 3.63) is 58.7 Å². The van der Waals surface area contributed by atoms with Gasteiger partial charge in [-0.15, -0.1) is 11.8 Å².